The van der Waals surface area contributed by atoms with Gasteiger partial charge in [0.25, 0.3) is 5.91 Å². The highest BCUT2D eigenvalue weighted by atomic mass is 32.2. The van der Waals surface area contributed by atoms with Crippen LogP contribution < -0.4 is 11.1 Å². The number of rotatable bonds is 6. The van der Waals surface area contributed by atoms with Gasteiger partial charge in [-0.1, -0.05) is 23.5 Å². The molecule has 1 aromatic heterocycles. The Morgan fingerprint density at radius 3 is 2.64 bits per heavy atom. The van der Waals surface area contributed by atoms with Gasteiger partial charge in [-0.3, -0.25) is 19.7 Å². The van der Waals surface area contributed by atoms with E-state index in [1.54, 1.807) is 24.3 Å². The number of hydrogen-bond donors (Lipinski definition) is 2. The number of thioether (sulfide) groups is 1. The highest BCUT2D eigenvalue weighted by Gasteiger charge is 2.16. The highest BCUT2D eigenvalue weighted by molar-refractivity contribution is 8.00. The number of primary amides is 1. The van der Waals surface area contributed by atoms with Gasteiger partial charge in [0, 0.05) is 11.0 Å². The smallest absolute Gasteiger partial charge is 0.324 e. The van der Waals surface area contributed by atoms with Crippen LogP contribution in [0.1, 0.15) is 9.67 Å². The molecule has 0 fully saturated rings. The number of carbonyl (C=O) groups excluding carboxylic acids is 2. The highest BCUT2D eigenvalue weighted by Crippen LogP contribution is 2.29. The number of nitrogens with one attached hydrogen (secondary N) is 1. The van der Waals surface area contributed by atoms with Crippen LogP contribution in [0.3, 0.4) is 0 Å². The van der Waals surface area contributed by atoms with Crippen molar-refractivity contribution >= 4 is 45.6 Å². The number of hydrogen-bond acceptors (Lipinski definition) is 6. The topological polar surface area (TPSA) is 115 Å². The fraction of sp³-hybridized carbons (Fsp3) is 0.0769. The summed E-state index contributed by atoms with van der Waals surface area (Å²) < 4.78 is 0. The molecule has 1 aromatic carbocycles. The van der Waals surface area contributed by atoms with E-state index in [1.807, 2.05) is 0 Å². The Morgan fingerprint density at radius 1 is 1.27 bits per heavy atom. The first-order valence-corrected chi connectivity index (χ1v) is 7.83. The van der Waals surface area contributed by atoms with E-state index >= 15 is 0 Å². The van der Waals surface area contributed by atoms with Crippen molar-refractivity contribution in [1.82, 2.24) is 0 Å². The molecule has 1 heterocycles. The van der Waals surface area contributed by atoms with E-state index in [0.717, 1.165) is 11.3 Å². The summed E-state index contributed by atoms with van der Waals surface area (Å²) in [7, 11) is 0. The van der Waals surface area contributed by atoms with Crippen molar-refractivity contribution in [3.05, 3.63) is 51.4 Å². The van der Waals surface area contributed by atoms with Crippen LogP contribution in [0.25, 0.3) is 0 Å². The van der Waals surface area contributed by atoms with Crippen molar-refractivity contribution in [2.75, 3.05) is 11.1 Å². The molecule has 0 saturated carbocycles. The zero-order chi connectivity index (χ0) is 16.1. The van der Waals surface area contributed by atoms with Crippen LogP contribution >= 0.6 is 23.1 Å². The molecule has 0 aliphatic rings. The van der Waals surface area contributed by atoms with Gasteiger partial charge in [-0.2, -0.15) is 0 Å². The van der Waals surface area contributed by atoms with Crippen molar-refractivity contribution in [2.24, 2.45) is 5.73 Å². The summed E-state index contributed by atoms with van der Waals surface area (Å²) >= 11 is 2.01. The van der Waals surface area contributed by atoms with Crippen LogP contribution in [-0.2, 0) is 4.79 Å². The first-order chi connectivity index (χ1) is 10.5. The summed E-state index contributed by atoms with van der Waals surface area (Å²) in [5, 5.41) is 13.2. The van der Waals surface area contributed by atoms with E-state index in [4.69, 9.17) is 5.73 Å². The monoisotopic (exact) mass is 337 g/mol. The Labute approximate surface area is 133 Å². The van der Waals surface area contributed by atoms with Crippen molar-refractivity contribution in [3.63, 3.8) is 0 Å². The van der Waals surface area contributed by atoms with Gasteiger partial charge in [0.15, 0.2) is 0 Å². The maximum Gasteiger partial charge on any atom is 0.324 e. The molecule has 3 N–H and O–H groups in total. The minimum atomic E-state index is -0.544. The number of para-hydroxylation sites is 1. The zero-order valence-corrected chi connectivity index (χ0v) is 12.8. The number of amides is 2. The van der Waals surface area contributed by atoms with Crippen molar-refractivity contribution in [2.45, 2.75) is 4.90 Å². The van der Waals surface area contributed by atoms with Crippen LogP contribution in [0.2, 0.25) is 0 Å². The molecular formula is C13H11N3O4S2. The second-order valence-corrected chi connectivity index (χ2v) is 6.18. The third-order valence-electron chi connectivity index (χ3n) is 2.50. The number of nitro groups is 1. The number of benzene rings is 1. The van der Waals surface area contributed by atoms with Gasteiger partial charge in [0.05, 0.1) is 21.2 Å². The summed E-state index contributed by atoms with van der Waals surface area (Å²) in [6.07, 6.45) is 0. The van der Waals surface area contributed by atoms with Gasteiger partial charge >= 0.3 is 5.00 Å². The molecule has 2 aromatic rings. The van der Waals surface area contributed by atoms with E-state index in [0.29, 0.717) is 10.6 Å². The lowest BCUT2D eigenvalue weighted by Crippen LogP contribution is -2.14. The summed E-state index contributed by atoms with van der Waals surface area (Å²) in [6, 6.07) is 9.63. The Bertz CT molecular complexity index is 730. The quantitative estimate of drug-likeness (QED) is 0.477. The molecule has 0 aliphatic heterocycles. The third-order valence-corrected chi connectivity index (χ3v) is 4.63. The third kappa shape index (κ3) is 4.06. The average Bonchev–Trinajstić information content (AvgIpc) is 2.96. The maximum absolute atomic E-state index is 12.1. The Morgan fingerprint density at radius 2 is 2.00 bits per heavy atom. The summed E-state index contributed by atoms with van der Waals surface area (Å²) in [4.78, 5) is 34.0. The van der Waals surface area contributed by atoms with Gasteiger partial charge < -0.3 is 11.1 Å². The number of anilines is 1. The Kier molecular flexibility index (Phi) is 5.12. The van der Waals surface area contributed by atoms with E-state index in [-0.39, 0.29) is 15.6 Å². The standard InChI is InChI=1S/C13H11N3O4S2/c14-11(17)7-21-9-4-2-1-3-8(9)15-13(18)10-5-6-12(22-10)16(19)20/h1-6H,7H2,(H2,14,17)(H,15,18). The van der Waals surface area contributed by atoms with E-state index in [1.165, 1.54) is 23.9 Å². The molecule has 2 rings (SSSR count). The van der Waals surface area contributed by atoms with Crippen LogP contribution in [-0.4, -0.2) is 22.5 Å². The van der Waals surface area contributed by atoms with Crippen molar-refractivity contribution < 1.29 is 14.5 Å². The second-order valence-electron chi connectivity index (χ2n) is 4.10. The molecule has 0 bridgehead atoms. The number of nitrogens with two attached hydrogens (primary N) is 1. The Hall–Kier alpha value is -2.39. The normalized spacial score (nSPS) is 10.2. The van der Waals surface area contributed by atoms with Gasteiger partial charge in [0.1, 0.15) is 0 Å². The van der Waals surface area contributed by atoms with Gasteiger partial charge in [-0.05, 0) is 18.2 Å². The lowest BCUT2D eigenvalue weighted by Gasteiger charge is -2.09. The summed E-state index contributed by atoms with van der Waals surface area (Å²) in [6.45, 7) is 0. The van der Waals surface area contributed by atoms with E-state index < -0.39 is 16.7 Å². The van der Waals surface area contributed by atoms with Crippen LogP contribution in [0.4, 0.5) is 10.7 Å². The largest absolute Gasteiger partial charge is 0.369 e. The molecule has 2 amide bonds. The lowest BCUT2D eigenvalue weighted by molar-refractivity contribution is -0.380. The molecular weight excluding hydrogens is 326 g/mol. The first kappa shape index (κ1) is 16.0. The number of carbonyl (C=O) groups is 2. The SMILES string of the molecule is NC(=O)CSc1ccccc1NC(=O)c1ccc([N+](=O)[O-])s1. The summed E-state index contributed by atoms with van der Waals surface area (Å²) in [5.41, 5.74) is 5.63. The van der Waals surface area contributed by atoms with Gasteiger partial charge in [-0.25, -0.2) is 0 Å². The van der Waals surface area contributed by atoms with Gasteiger partial charge in [0.2, 0.25) is 5.91 Å². The molecule has 0 radical (unpaired) electrons. The molecule has 0 atom stereocenters. The fourth-order valence-electron chi connectivity index (χ4n) is 1.58. The molecule has 0 spiro atoms. The van der Waals surface area contributed by atoms with Crippen LogP contribution in [0, 0.1) is 10.1 Å². The minimum Gasteiger partial charge on any atom is -0.369 e. The van der Waals surface area contributed by atoms with Crippen LogP contribution in [0.15, 0.2) is 41.3 Å². The van der Waals surface area contributed by atoms with E-state index in [2.05, 4.69) is 5.32 Å². The predicted octanol–water partition coefficient (Wildman–Crippen LogP) is 2.49. The summed E-state index contributed by atoms with van der Waals surface area (Å²) in [5.74, 6) is -0.803. The minimum absolute atomic E-state index is 0.0946. The second kappa shape index (κ2) is 7.05. The lowest BCUT2D eigenvalue weighted by atomic mass is 10.3. The average molecular weight is 337 g/mol. The van der Waals surface area contributed by atoms with Crippen molar-refractivity contribution in [1.29, 1.82) is 0 Å². The number of nitrogens with zero attached hydrogens (tertiary/aromatic N) is 1. The first-order valence-electron chi connectivity index (χ1n) is 6.03. The molecule has 114 valence electrons. The van der Waals surface area contributed by atoms with Crippen LogP contribution in [0.5, 0.6) is 0 Å². The fourth-order valence-corrected chi connectivity index (χ4v) is 3.04. The molecule has 0 unspecified atom stereocenters. The van der Waals surface area contributed by atoms with Crippen molar-refractivity contribution in [3.8, 4) is 0 Å². The maximum atomic E-state index is 12.1. The molecule has 7 nitrogen and oxygen atoms in total. The molecule has 9 heteroatoms. The zero-order valence-electron chi connectivity index (χ0n) is 11.1. The molecule has 0 saturated heterocycles. The molecule has 22 heavy (non-hydrogen) atoms. The Balaban J connectivity index is 2.13. The number of thiophene rings is 1. The molecule has 0 aliphatic carbocycles. The van der Waals surface area contributed by atoms with E-state index in [9.17, 15) is 19.7 Å². The predicted molar refractivity (Wildman–Crippen MR) is 85.3 cm³/mol. The van der Waals surface area contributed by atoms with Gasteiger partial charge in [-0.15, -0.1) is 11.8 Å².